The number of aromatic nitrogens is 4. The van der Waals surface area contributed by atoms with Crippen LogP contribution in [0, 0.1) is 6.92 Å². The van der Waals surface area contributed by atoms with Gasteiger partial charge in [-0.1, -0.05) is 0 Å². The first-order chi connectivity index (χ1) is 10.0. The van der Waals surface area contributed by atoms with Gasteiger partial charge in [-0.05, 0) is 32.3 Å². The molecule has 1 aliphatic rings. The largest absolute Gasteiger partial charge is 0.343 e. The molecule has 0 bridgehead atoms. The monoisotopic (exact) mass is 287 g/mol. The Hall–Kier alpha value is -2.11. The molecule has 3 rings (SSSR count). The van der Waals surface area contributed by atoms with Crippen molar-refractivity contribution in [3.05, 3.63) is 34.9 Å². The normalized spacial score (nSPS) is 15.0. The summed E-state index contributed by atoms with van der Waals surface area (Å²) >= 11 is 0. The van der Waals surface area contributed by atoms with Crippen molar-refractivity contribution in [2.24, 2.45) is 0 Å². The van der Waals surface area contributed by atoms with E-state index in [1.807, 2.05) is 23.9 Å². The van der Waals surface area contributed by atoms with Crippen LogP contribution in [-0.4, -0.2) is 44.9 Å². The van der Waals surface area contributed by atoms with Crippen LogP contribution in [0.4, 0.5) is 0 Å². The lowest BCUT2D eigenvalue weighted by molar-refractivity contribution is 0.0819. The van der Waals surface area contributed by atoms with Gasteiger partial charge in [0.1, 0.15) is 0 Å². The Morgan fingerprint density at radius 1 is 1.48 bits per heavy atom. The van der Waals surface area contributed by atoms with E-state index in [2.05, 4.69) is 15.3 Å². The van der Waals surface area contributed by atoms with E-state index < -0.39 is 0 Å². The Balaban J connectivity index is 1.92. The molecule has 1 saturated carbocycles. The molecule has 0 aliphatic heterocycles. The van der Waals surface area contributed by atoms with Gasteiger partial charge in [0.2, 0.25) is 0 Å². The molecule has 2 heterocycles. The van der Waals surface area contributed by atoms with Gasteiger partial charge in [0.25, 0.3) is 5.91 Å². The molecule has 1 amide bonds. The number of carbonyl (C=O) groups is 1. The van der Waals surface area contributed by atoms with Crippen LogP contribution in [-0.2, 0) is 6.42 Å². The molecule has 0 radical (unpaired) electrons. The molecular formula is C15H21N5O. The average Bonchev–Trinajstić information content (AvgIpc) is 2.94. The van der Waals surface area contributed by atoms with Gasteiger partial charge < -0.3 is 4.90 Å². The highest BCUT2D eigenvalue weighted by Gasteiger charge is 2.25. The van der Waals surface area contributed by atoms with Gasteiger partial charge in [0, 0.05) is 38.0 Å². The summed E-state index contributed by atoms with van der Waals surface area (Å²) in [7, 11) is 3.51. The summed E-state index contributed by atoms with van der Waals surface area (Å²) in [5, 5.41) is 11.7. The molecule has 6 heteroatoms. The standard InChI is InChI=1S/C15H21N5O/c1-10-7-12(17-16-10)8-11-9-20(13-5-4-6-13)18-14(11)15(21)19(2)3/h7,9,13H,4-6,8H2,1-3H3,(H,16,17). The third-order valence-corrected chi connectivity index (χ3v) is 4.00. The first kappa shape index (κ1) is 13.9. The van der Waals surface area contributed by atoms with Crippen LogP contribution in [0.1, 0.15) is 52.7 Å². The fourth-order valence-electron chi connectivity index (χ4n) is 2.55. The van der Waals surface area contributed by atoms with Crippen LogP contribution < -0.4 is 0 Å². The summed E-state index contributed by atoms with van der Waals surface area (Å²) in [6.07, 6.45) is 6.20. The summed E-state index contributed by atoms with van der Waals surface area (Å²) in [4.78, 5) is 13.9. The van der Waals surface area contributed by atoms with Crippen molar-refractivity contribution in [2.45, 2.75) is 38.6 Å². The summed E-state index contributed by atoms with van der Waals surface area (Å²) in [5.41, 5.74) is 3.46. The molecule has 0 atom stereocenters. The number of aromatic amines is 1. The molecule has 0 unspecified atom stereocenters. The van der Waals surface area contributed by atoms with E-state index in [1.165, 1.54) is 6.42 Å². The van der Waals surface area contributed by atoms with Crippen molar-refractivity contribution < 1.29 is 4.79 Å². The first-order valence-corrected chi connectivity index (χ1v) is 7.35. The molecule has 2 aromatic heterocycles. The van der Waals surface area contributed by atoms with Gasteiger partial charge in [-0.15, -0.1) is 0 Å². The molecule has 0 saturated heterocycles. The Morgan fingerprint density at radius 3 is 2.76 bits per heavy atom. The van der Waals surface area contributed by atoms with E-state index in [9.17, 15) is 4.79 Å². The second-order valence-electron chi connectivity index (χ2n) is 5.99. The molecule has 0 spiro atoms. The number of amides is 1. The Labute approximate surface area is 124 Å². The van der Waals surface area contributed by atoms with Crippen molar-refractivity contribution in [3.8, 4) is 0 Å². The predicted octanol–water partition coefficient (Wildman–Crippen LogP) is 1.93. The summed E-state index contributed by atoms with van der Waals surface area (Å²) in [5.74, 6) is -0.0460. The predicted molar refractivity (Wildman–Crippen MR) is 79.3 cm³/mol. The van der Waals surface area contributed by atoms with Crippen LogP contribution in [0.5, 0.6) is 0 Å². The highest BCUT2D eigenvalue weighted by Crippen LogP contribution is 2.31. The number of nitrogens with one attached hydrogen (secondary N) is 1. The van der Waals surface area contributed by atoms with Crippen LogP contribution in [0.3, 0.4) is 0 Å². The Morgan fingerprint density at radius 2 is 2.24 bits per heavy atom. The fraction of sp³-hybridized carbons (Fsp3) is 0.533. The van der Waals surface area contributed by atoms with E-state index in [-0.39, 0.29) is 5.91 Å². The zero-order valence-electron chi connectivity index (χ0n) is 12.8. The Kier molecular flexibility index (Phi) is 3.53. The minimum atomic E-state index is -0.0460. The third-order valence-electron chi connectivity index (χ3n) is 4.00. The average molecular weight is 287 g/mol. The van der Waals surface area contributed by atoms with Gasteiger partial charge in [0.05, 0.1) is 11.7 Å². The van der Waals surface area contributed by atoms with E-state index in [0.717, 1.165) is 29.8 Å². The van der Waals surface area contributed by atoms with E-state index in [0.29, 0.717) is 18.2 Å². The van der Waals surface area contributed by atoms with Crippen molar-refractivity contribution in [1.29, 1.82) is 0 Å². The molecule has 1 N–H and O–H groups in total. The minimum absolute atomic E-state index is 0.0460. The second kappa shape index (κ2) is 5.35. The highest BCUT2D eigenvalue weighted by atomic mass is 16.2. The molecule has 1 aliphatic carbocycles. The maximum Gasteiger partial charge on any atom is 0.274 e. The number of hydrogen-bond donors (Lipinski definition) is 1. The van der Waals surface area contributed by atoms with Gasteiger partial charge >= 0.3 is 0 Å². The summed E-state index contributed by atoms with van der Waals surface area (Å²) in [6, 6.07) is 2.46. The summed E-state index contributed by atoms with van der Waals surface area (Å²) in [6.45, 7) is 1.97. The van der Waals surface area contributed by atoms with Gasteiger partial charge in [0.15, 0.2) is 5.69 Å². The van der Waals surface area contributed by atoms with Crippen molar-refractivity contribution >= 4 is 5.91 Å². The van der Waals surface area contributed by atoms with Gasteiger partial charge in [-0.25, -0.2) is 0 Å². The van der Waals surface area contributed by atoms with E-state index in [4.69, 9.17) is 0 Å². The number of carbonyl (C=O) groups excluding carboxylic acids is 1. The smallest absolute Gasteiger partial charge is 0.274 e. The van der Waals surface area contributed by atoms with Gasteiger partial charge in [-0.2, -0.15) is 10.2 Å². The number of H-pyrrole nitrogens is 1. The number of rotatable bonds is 4. The van der Waals surface area contributed by atoms with Crippen LogP contribution >= 0.6 is 0 Å². The highest BCUT2D eigenvalue weighted by molar-refractivity contribution is 5.93. The number of nitrogens with zero attached hydrogens (tertiary/aromatic N) is 4. The van der Waals surface area contributed by atoms with Crippen LogP contribution in [0.25, 0.3) is 0 Å². The van der Waals surface area contributed by atoms with E-state index >= 15 is 0 Å². The van der Waals surface area contributed by atoms with Crippen molar-refractivity contribution in [1.82, 2.24) is 24.9 Å². The lowest BCUT2D eigenvalue weighted by Gasteiger charge is -2.25. The molecular weight excluding hydrogens is 266 g/mol. The maximum atomic E-state index is 12.3. The SMILES string of the molecule is Cc1cc(Cc2cn(C3CCC3)nc2C(=O)N(C)C)n[nH]1. The molecule has 6 nitrogen and oxygen atoms in total. The van der Waals surface area contributed by atoms with Crippen molar-refractivity contribution in [2.75, 3.05) is 14.1 Å². The lowest BCUT2D eigenvalue weighted by Crippen LogP contribution is -2.24. The quantitative estimate of drug-likeness (QED) is 0.934. The summed E-state index contributed by atoms with van der Waals surface area (Å²) < 4.78 is 1.97. The first-order valence-electron chi connectivity index (χ1n) is 7.35. The Bertz CT molecular complexity index is 651. The number of hydrogen-bond acceptors (Lipinski definition) is 3. The zero-order chi connectivity index (χ0) is 15.0. The zero-order valence-corrected chi connectivity index (χ0v) is 12.8. The molecule has 0 aromatic carbocycles. The van der Waals surface area contributed by atoms with Gasteiger partial charge in [-0.3, -0.25) is 14.6 Å². The number of aryl methyl sites for hydroxylation is 1. The lowest BCUT2D eigenvalue weighted by atomic mass is 9.93. The second-order valence-corrected chi connectivity index (χ2v) is 5.99. The fourth-order valence-corrected chi connectivity index (χ4v) is 2.55. The third kappa shape index (κ3) is 2.70. The topological polar surface area (TPSA) is 66.8 Å². The minimum Gasteiger partial charge on any atom is -0.343 e. The molecule has 2 aromatic rings. The molecule has 1 fully saturated rings. The van der Waals surface area contributed by atoms with Crippen molar-refractivity contribution in [3.63, 3.8) is 0 Å². The van der Waals surface area contributed by atoms with Crippen LogP contribution in [0.2, 0.25) is 0 Å². The molecule has 112 valence electrons. The van der Waals surface area contributed by atoms with E-state index in [1.54, 1.807) is 19.0 Å². The van der Waals surface area contributed by atoms with Crippen LogP contribution in [0.15, 0.2) is 12.3 Å². The maximum absolute atomic E-state index is 12.3. The molecule has 21 heavy (non-hydrogen) atoms.